The number of likely N-dealkylation sites (tertiary alicyclic amines) is 1. The molecule has 1 aliphatic heterocycles. The highest BCUT2D eigenvalue weighted by molar-refractivity contribution is 14.1. The number of carboxylic acid groups (broad SMARTS) is 1. The Labute approximate surface area is 127 Å². The summed E-state index contributed by atoms with van der Waals surface area (Å²) in [5.41, 5.74) is -0.0933. The van der Waals surface area contributed by atoms with Crippen molar-refractivity contribution in [1.82, 2.24) is 14.5 Å². The molecule has 0 bridgehead atoms. The first-order chi connectivity index (χ1) is 8.82. The second-order valence-electron chi connectivity index (χ2n) is 5.93. The van der Waals surface area contributed by atoms with E-state index in [9.17, 15) is 9.90 Å². The van der Waals surface area contributed by atoms with E-state index in [0.29, 0.717) is 6.54 Å². The van der Waals surface area contributed by atoms with Crippen LogP contribution in [0.4, 0.5) is 4.79 Å². The SMILES string of the molecule is CC(C)(C)n1c(I)cnc1C1CCCCN1C(=O)O. The molecule has 0 aliphatic carbocycles. The molecule has 106 valence electrons. The van der Waals surface area contributed by atoms with Gasteiger partial charge in [-0.05, 0) is 62.6 Å². The molecule has 5 nitrogen and oxygen atoms in total. The van der Waals surface area contributed by atoms with Gasteiger partial charge in [0.2, 0.25) is 0 Å². The Morgan fingerprint density at radius 3 is 2.74 bits per heavy atom. The lowest BCUT2D eigenvalue weighted by Crippen LogP contribution is -2.40. The predicted molar refractivity (Wildman–Crippen MR) is 81.3 cm³/mol. The lowest BCUT2D eigenvalue weighted by Gasteiger charge is -2.35. The van der Waals surface area contributed by atoms with Gasteiger partial charge in [0.25, 0.3) is 0 Å². The number of rotatable bonds is 1. The summed E-state index contributed by atoms with van der Waals surface area (Å²) in [4.78, 5) is 17.4. The van der Waals surface area contributed by atoms with Crippen LogP contribution in [0.2, 0.25) is 0 Å². The molecule has 0 saturated carbocycles. The van der Waals surface area contributed by atoms with Crippen LogP contribution >= 0.6 is 22.6 Å². The maximum Gasteiger partial charge on any atom is 0.407 e. The summed E-state index contributed by atoms with van der Waals surface area (Å²) in [6.07, 6.45) is 3.84. The third-order valence-corrected chi connectivity index (χ3v) is 4.22. The Morgan fingerprint density at radius 2 is 2.16 bits per heavy atom. The zero-order valence-electron chi connectivity index (χ0n) is 11.6. The van der Waals surface area contributed by atoms with Crippen LogP contribution in [0.25, 0.3) is 0 Å². The molecule has 0 radical (unpaired) electrons. The number of piperidine rings is 1. The Kier molecular flexibility index (Phi) is 4.08. The molecule has 1 fully saturated rings. The van der Waals surface area contributed by atoms with Crippen molar-refractivity contribution < 1.29 is 9.90 Å². The highest BCUT2D eigenvalue weighted by Gasteiger charge is 2.33. The number of hydrogen-bond acceptors (Lipinski definition) is 2. The minimum atomic E-state index is -0.844. The molecule has 1 atom stereocenters. The molecular weight excluding hydrogens is 357 g/mol. The van der Waals surface area contributed by atoms with Gasteiger partial charge in [0.05, 0.1) is 12.2 Å². The number of amides is 1. The van der Waals surface area contributed by atoms with Gasteiger partial charge in [0.1, 0.15) is 9.53 Å². The van der Waals surface area contributed by atoms with Crippen molar-refractivity contribution in [3.63, 3.8) is 0 Å². The van der Waals surface area contributed by atoms with E-state index in [0.717, 1.165) is 28.8 Å². The standard InChI is InChI=1S/C13H20IN3O2/c1-13(2,3)17-10(14)8-15-11(17)9-6-4-5-7-16(9)12(18)19/h8-9H,4-7H2,1-3H3,(H,18,19). The van der Waals surface area contributed by atoms with Crippen LogP contribution in [0.3, 0.4) is 0 Å². The number of aromatic nitrogens is 2. The largest absolute Gasteiger partial charge is 0.465 e. The normalized spacial score (nSPS) is 20.6. The summed E-state index contributed by atoms with van der Waals surface area (Å²) in [6.45, 7) is 6.96. The molecule has 2 heterocycles. The highest BCUT2D eigenvalue weighted by Crippen LogP contribution is 2.33. The summed E-state index contributed by atoms with van der Waals surface area (Å²) in [5, 5.41) is 9.36. The van der Waals surface area contributed by atoms with Gasteiger partial charge in [-0.2, -0.15) is 0 Å². The minimum Gasteiger partial charge on any atom is -0.465 e. The molecule has 2 rings (SSSR count). The zero-order valence-corrected chi connectivity index (χ0v) is 13.7. The minimum absolute atomic E-state index is 0.0933. The number of hydrogen-bond donors (Lipinski definition) is 1. The molecule has 1 N–H and O–H groups in total. The number of halogens is 1. The topological polar surface area (TPSA) is 58.4 Å². The lowest BCUT2D eigenvalue weighted by atomic mass is 10.0. The molecule has 1 amide bonds. The van der Waals surface area contributed by atoms with Gasteiger partial charge in [-0.3, -0.25) is 4.90 Å². The Bertz CT molecular complexity index is 479. The van der Waals surface area contributed by atoms with Crippen LogP contribution in [0, 0.1) is 3.70 Å². The Hall–Kier alpha value is -0.790. The van der Waals surface area contributed by atoms with E-state index in [1.54, 1.807) is 0 Å². The highest BCUT2D eigenvalue weighted by atomic mass is 127. The van der Waals surface area contributed by atoms with E-state index in [1.807, 2.05) is 6.20 Å². The van der Waals surface area contributed by atoms with Crippen LogP contribution in [0.1, 0.15) is 51.9 Å². The molecule has 1 aromatic rings. The summed E-state index contributed by atoms with van der Waals surface area (Å²) in [5.74, 6) is 0.874. The molecule has 6 heteroatoms. The fraction of sp³-hybridized carbons (Fsp3) is 0.692. The lowest BCUT2D eigenvalue weighted by molar-refractivity contribution is 0.100. The fourth-order valence-electron chi connectivity index (χ4n) is 2.67. The molecule has 1 saturated heterocycles. The van der Waals surface area contributed by atoms with E-state index < -0.39 is 6.09 Å². The van der Waals surface area contributed by atoms with Crippen molar-refractivity contribution in [3.05, 3.63) is 15.7 Å². The van der Waals surface area contributed by atoms with Crippen molar-refractivity contribution >= 4 is 28.7 Å². The van der Waals surface area contributed by atoms with Gasteiger partial charge in [0, 0.05) is 12.1 Å². The first-order valence-electron chi connectivity index (χ1n) is 6.55. The third kappa shape index (κ3) is 2.88. The zero-order chi connectivity index (χ0) is 14.2. The van der Waals surface area contributed by atoms with Gasteiger partial charge in [0.15, 0.2) is 0 Å². The van der Waals surface area contributed by atoms with E-state index in [2.05, 4.69) is 52.9 Å². The predicted octanol–water partition coefficient (Wildman–Crippen LogP) is 3.45. The van der Waals surface area contributed by atoms with Gasteiger partial charge >= 0.3 is 6.09 Å². The average Bonchev–Trinajstić information content (AvgIpc) is 2.70. The Balaban J connectivity index is 2.43. The maximum absolute atomic E-state index is 11.4. The van der Waals surface area contributed by atoms with E-state index >= 15 is 0 Å². The summed E-state index contributed by atoms with van der Waals surface area (Å²) < 4.78 is 3.20. The van der Waals surface area contributed by atoms with Crippen LogP contribution in [-0.4, -0.2) is 32.2 Å². The van der Waals surface area contributed by atoms with Crippen molar-refractivity contribution in [2.45, 2.75) is 51.6 Å². The van der Waals surface area contributed by atoms with Gasteiger partial charge in [-0.1, -0.05) is 0 Å². The molecule has 1 aromatic heterocycles. The monoisotopic (exact) mass is 377 g/mol. The molecule has 1 aliphatic rings. The molecular formula is C13H20IN3O2. The molecule has 1 unspecified atom stereocenters. The van der Waals surface area contributed by atoms with Crippen LogP contribution in [0.5, 0.6) is 0 Å². The quantitative estimate of drug-likeness (QED) is 0.763. The van der Waals surface area contributed by atoms with Gasteiger partial charge in [-0.25, -0.2) is 9.78 Å². The first-order valence-corrected chi connectivity index (χ1v) is 7.63. The number of imidazole rings is 1. The van der Waals surface area contributed by atoms with E-state index in [1.165, 1.54) is 4.90 Å². The number of carbonyl (C=O) groups is 1. The third-order valence-electron chi connectivity index (χ3n) is 3.46. The van der Waals surface area contributed by atoms with Gasteiger partial charge in [-0.15, -0.1) is 0 Å². The van der Waals surface area contributed by atoms with Crippen molar-refractivity contribution in [1.29, 1.82) is 0 Å². The fourth-order valence-corrected chi connectivity index (χ4v) is 3.78. The van der Waals surface area contributed by atoms with Crippen LogP contribution in [0.15, 0.2) is 6.20 Å². The van der Waals surface area contributed by atoms with Crippen LogP contribution in [-0.2, 0) is 5.54 Å². The van der Waals surface area contributed by atoms with Crippen molar-refractivity contribution in [2.24, 2.45) is 0 Å². The summed E-state index contributed by atoms with van der Waals surface area (Å²) in [7, 11) is 0. The van der Waals surface area contributed by atoms with E-state index in [4.69, 9.17) is 0 Å². The van der Waals surface area contributed by atoms with E-state index in [-0.39, 0.29) is 11.6 Å². The molecule has 0 spiro atoms. The molecule has 0 aromatic carbocycles. The van der Waals surface area contributed by atoms with Gasteiger partial charge < -0.3 is 9.67 Å². The van der Waals surface area contributed by atoms with Crippen molar-refractivity contribution in [3.8, 4) is 0 Å². The smallest absolute Gasteiger partial charge is 0.407 e. The average molecular weight is 377 g/mol. The van der Waals surface area contributed by atoms with Crippen LogP contribution < -0.4 is 0 Å². The summed E-state index contributed by atoms with van der Waals surface area (Å²) >= 11 is 2.26. The second kappa shape index (κ2) is 5.30. The summed E-state index contributed by atoms with van der Waals surface area (Å²) in [6, 6.07) is -0.117. The first kappa shape index (κ1) is 14.6. The maximum atomic E-state index is 11.4. The molecule has 19 heavy (non-hydrogen) atoms. The van der Waals surface area contributed by atoms with Crippen molar-refractivity contribution in [2.75, 3.05) is 6.54 Å². The second-order valence-corrected chi connectivity index (χ2v) is 7.04. The number of nitrogens with zero attached hydrogens (tertiary/aromatic N) is 3. The Morgan fingerprint density at radius 1 is 1.47 bits per heavy atom.